The molecule has 22 heavy (non-hydrogen) atoms. The number of nitrogens with one attached hydrogen (secondary N) is 1. The van der Waals surface area contributed by atoms with Gasteiger partial charge in [0.1, 0.15) is 0 Å². The Morgan fingerprint density at radius 1 is 1.18 bits per heavy atom. The predicted molar refractivity (Wildman–Crippen MR) is 86.1 cm³/mol. The topological polar surface area (TPSA) is 75.4 Å². The average molecular weight is 303 g/mol. The molecule has 1 aliphatic rings. The molecule has 1 aromatic carbocycles. The Kier molecular flexibility index (Phi) is 6.40. The summed E-state index contributed by atoms with van der Waals surface area (Å²) in [5.74, 6) is -0.0866. The van der Waals surface area contributed by atoms with Crippen LogP contribution in [0.5, 0.6) is 0 Å². The molecule has 5 heteroatoms. The Hall–Kier alpha value is -1.88. The summed E-state index contributed by atoms with van der Waals surface area (Å²) in [6, 6.07) is 10.3. The lowest BCUT2D eigenvalue weighted by atomic mass is 9.96. The Morgan fingerprint density at radius 3 is 2.50 bits per heavy atom. The molecule has 2 amide bonds. The molecule has 0 aliphatic carbocycles. The molecule has 0 aromatic heterocycles. The highest BCUT2D eigenvalue weighted by atomic mass is 16.2. The third-order valence-electron chi connectivity index (χ3n) is 4.12. The average Bonchev–Trinajstić information content (AvgIpc) is 2.52. The number of nitrogens with zero attached hydrogens (tertiary/aromatic N) is 1. The fraction of sp³-hybridized carbons (Fsp3) is 0.529. The largest absolute Gasteiger partial charge is 0.369 e. The van der Waals surface area contributed by atoms with E-state index in [1.165, 1.54) is 5.56 Å². The van der Waals surface area contributed by atoms with Crippen LogP contribution < -0.4 is 11.1 Å². The van der Waals surface area contributed by atoms with E-state index in [1.54, 1.807) is 0 Å². The molecular weight excluding hydrogens is 278 g/mol. The quantitative estimate of drug-likeness (QED) is 0.736. The predicted octanol–water partition coefficient (Wildman–Crippen LogP) is 0.933. The van der Waals surface area contributed by atoms with Gasteiger partial charge in [0.05, 0.1) is 6.54 Å². The summed E-state index contributed by atoms with van der Waals surface area (Å²) in [5.41, 5.74) is 6.49. The Balaban J connectivity index is 1.61. The molecule has 0 bridgehead atoms. The standard InChI is InChI=1S/C17H25N3O2/c18-16(21)13-20-11-8-15(9-12-20)17(22)19-10-4-7-14-5-2-1-3-6-14/h1-3,5-6,15H,4,7-13H2,(H2,18,21)(H,19,22). The number of likely N-dealkylation sites (tertiary alicyclic amines) is 1. The van der Waals surface area contributed by atoms with Gasteiger partial charge in [0, 0.05) is 12.5 Å². The van der Waals surface area contributed by atoms with Crippen LogP contribution in [0.2, 0.25) is 0 Å². The highest BCUT2D eigenvalue weighted by molar-refractivity contribution is 5.79. The van der Waals surface area contributed by atoms with Crippen molar-refractivity contribution in [2.24, 2.45) is 11.7 Å². The number of benzene rings is 1. The summed E-state index contributed by atoms with van der Waals surface area (Å²) in [7, 11) is 0. The zero-order valence-corrected chi connectivity index (χ0v) is 13.0. The van der Waals surface area contributed by atoms with Crippen molar-refractivity contribution in [1.82, 2.24) is 10.2 Å². The molecule has 0 unspecified atom stereocenters. The van der Waals surface area contributed by atoms with Crippen molar-refractivity contribution in [2.45, 2.75) is 25.7 Å². The van der Waals surface area contributed by atoms with Gasteiger partial charge >= 0.3 is 0 Å². The number of nitrogens with two attached hydrogens (primary N) is 1. The molecule has 0 atom stereocenters. The number of hydrogen-bond acceptors (Lipinski definition) is 3. The maximum absolute atomic E-state index is 12.1. The smallest absolute Gasteiger partial charge is 0.231 e. The van der Waals surface area contributed by atoms with Crippen molar-refractivity contribution < 1.29 is 9.59 Å². The van der Waals surface area contributed by atoms with Crippen molar-refractivity contribution in [2.75, 3.05) is 26.2 Å². The summed E-state index contributed by atoms with van der Waals surface area (Å²) < 4.78 is 0. The van der Waals surface area contributed by atoms with Crippen LogP contribution in [0, 0.1) is 5.92 Å². The maximum Gasteiger partial charge on any atom is 0.231 e. The molecule has 5 nitrogen and oxygen atoms in total. The van der Waals surface area contributed by atoms with Crippen molar-refractivity contribution >= 4 is 11.8 Å². The minimum Gasteiger partial charge on any atom is -0.369 e. The van der Waals surface area contributed by atoms with Gasteiger partial charge in [-0.05, 0) is 44.3 Å². The number of amides is 2. The third kappa shape index (κ3) is 5.48. The van der Waals surface area contributed by atoms with Crippen LogP contribution >= 0.6 is 0 Å². The van der Waals surface area contributed by atoms with E-state index in [-0.39, 0.29) is 17.7 Å². The van der Waals surface area contributed by atoms with E-state index in [4.69, 9.17) is 5.73 Å². The zero-order valence-electron chi connectivity index (χ0n) is 13.0. The van der Waals surface area contributed by atoms with E-state index >= 15 is 0 Å². The number of carbonyl (C=O) groups excluding carboxylic acids is 2. The first-order valence-corrected chi connectivity index (χ1v) is 7.97. The van der Waals surface area contributed by atoms with E-state index < -0.39 is 0 Å². The minimum atomic E-state index is -0.302. The number of aryl methyl sites for hydroxylation is 1. The molecule has 0 radical (unpaired) electrons. The van der Waals surface area contributed by atoms with Crippen LogP contribution in [0.4, 0.5) is 0 Å². The zero-order chi connectivity index (χ0) is 15.8. The molecule has 0 saturated carbocycles. The summed E-state index contributed by atoms with van der Waals surface area (Å²) in [4.78, 5) is 25.0. The highest BCUT2D eigenvalue weighted by Crippen LogP contribution is 2.16. The number of primary amides is 1. The van der Waals surface area contributed by atoms with Crippen LogP contribution in [-0.2, 0) is 16.0 Å². The first kappa shape index (κ1) is 16.5. The van der Waals surface area contributed by atoms with Crippen molar-refractivity contribution in [3.05, 3.63) is 35.9 Å². The van der Waals surface area contributed by atoms with Gasteiger partial charge in [-0.1, -0.05) is 30.3 Å². The first-order chi connectivity index (χ1) is 10.6. The molecule has 0 spiro atoms. The van der Waals surface area contributed by atoms with E-state index in [2.05, 4.69) is 17.4 Å². The molecule has 1 aliphatic heterocycles. The van der Waals surface area contributed by atoms with Gasteiger partial charge < -0.3 is 11.1 Å². The lowest BCUT2D eigenvalue weighted by Gasteiger charge is -2.30. The molecule has 2 rings (SSSR count). The summed E-state index contributed by atoms with van der Waals surface area (Å²) >= 11 is 0. The van der Waals surface area contributed by atoms with Crippen molar-refractivity contribution in [3.8, 4) is 0 Å². The second-order valence-electron chi connectivity index (χ2n) is 5.90. The van der Waals surface area contributed by atoms with Crippen molar-refractivity contribution in [1.29, 1.82) is 0 Å². The van der Waals surface area contributed by atoms with Gasteiger partial charge in [0.2, 0.25) is 11.8 Å². The normalized spacial score (nSPS) is 16.4. The number of piperidine rings is 1. The van der Waals surface area contributed by atoms with Crippen molar-refractivity contribution in [3.63, 3.8) is 0 Å². The van der Waals surface area contributed by atoms with E-state index in [9.17, 15) is 9.59 Å². The first-order valence-electron chi connectivity index (χ1n) is 7.97. The number of rotatable bonds is 7. The van der Waals surface area contributed by atoms with Gasteiger partial charge in [-0.2, -0.15) is 0 Å². The Morgan fingerprint density at radius 2 is 1.86 bits per heavy atom. The lowest BCUT2D eigenvalue weighted by molar-refractivity contribution is -0.126. The van der Waals surface area contributed by atoms with Gasteiger partial charge in [-0.3, -0.25) is 14.5 Å². The molecule has 1 aromatic rings. The van der Waals surface area contributed by atoms with Gasteiger partial charge in [0.25, 0.3) is 0 Å². The summed E-state index contributed by atoms with van der Waals surface area (Å²) in [6.07, 6.45) is 3.55. The maximum atomic E-state index is 12.1. The van der Waals surface area contributed by atoms with E-state index in [0.717, 1.165) is 45.3 Å². The molecule has 1 heterocycles. The van der Waals surface area contributed by atoms with E-state index in [1.807, 2.05) is 23.1 Å². The number of carbonyl (C=O) groups is 2. The van der Waals surface area contributed by atoms with Crippen LogP contribution in [-0.4, -0.2) is 42.9 Å². The summed E-state index contributed by atoms with van der Waals surface area (Å²) in [5, 5.41) is 3.03. The monoisotopic (exact) mass is 303 g/mol. The fourth-order valence-electron chi connectivity index (χ4n) is 2.87. The Bertz CT molecular complexity index is 482. The molecule has 120 valence electrons. The second-order valence-corrected chi connectivity index (χ2v) is 5.90. The summed E-state index contributed by atoms with van der Waals surface area (Å²) in [6.45, 7) is 2.55. The van der Waals surface area contributed by atoms with Crippen LogP contribution in [0.3, 0.4) is 0 Å². The van der Waals surface area contributed by atoms with Gasteiger partial charge in [0.15, 0.2) is 0 Å². The van der Waals surface area contributed by atoms with Crippen LogP contribution in [0.25, 0.3) is 0 Å². The fourth-order valence-corrected chi connectivity index (χ4v) is 2.87. The minimum absolute atomic E-state index is 0.0702. The van der Waals surface area contributed by atoms with Gasteiger partial charge in [-0.15, -0.1) is 0 Å². The Labute approximate surface area is 131 Å². The molecule has 3 N–H and O–H groups in total. The van der Waals surface area contributed by atoms with E-state index in [0.29, 0.717) is 6.54 Å². The third-order valence-corrected chi connectivity index (χ3v) is 4.12. The van der Waals surface area contributed by atoms with Crippen LogP contribution in [0.1, 0.15) is 24.8 Å². The van der Waals surface area contributed by atoms with Gasteiger partial charge in [-0.25, -0.2) is 0 Å². The lowest BCUT2D eigenvalue weighted by Crippen LogP contribution is -2.43. The number of hydrogen-bond donors (Lipinski definition) is 2. The molecule has 1 saturated heterocycles. The highest BCUT2D eigenvalue weighted by Gasteiger charge is 2.25. The SMILES string of the molecule is NC(=O)CN1CCC(C(=O)NCCCc2ccccc2)CC1. The van der Waals surface area contributed by atoms with Crippen LogP contribution in [0.15, 0.2) is 30.3 Å². The second kappa shape index (κ2) is 8.54. The molecule has 1 fully saturated rings. The molecular formula is C17H25N3O2.